The van der Waals surface area contributed by atoms with Gasteiger partial charge in [0.1, 0.15) is 0 Å². The molecule has 2 aromatic heterocycles. The van der Waals surface area contributed by atoms with Crippen LogP contribution in [0.2, 0.25) is 0 Å². The van der Waals surface area contributed by atoms with E-state index in [0.29, 0.717) is 30.5 Å². The Morgan fingerprint density at radius 1 is 1.43 bits per heavy atom. The normalized spacial score (nSPS) is 12.1. The summed E-state index contributed by atoms with van der Waals surface area (Å²) >= 11 is 1.40. The van der Waals surface area contributed by atoms with Crippen LogP contribution >= 0.6 is 11.3 Å². The third-order valence-corrected chi connectivity index (χ3v) is 5.12. The zero-order valence-electron chi connectivity index (χ0n) is 12.1. The van der Waals surface area contributed by atoms with Crippen LogP contribution in [-0.4, -0.2) is 44.6 Å². The highest BCUT2D eigenvalue weighted by Gasteiger charge is 2.25. The van der Waals surface area contributed by atoms with Crippen LogP contribution < -0.4 is 10.0 Å². The standard InChI is InChI=1S/C12H20N4O3S2/c1-3-13-10-11(16-7-9-20-12(16)15-10)21(17,18)14-6-4-5-8-19-2/h7,9,13-14H,3-6,8H2,1-2H3. The first-order valence-corrected chi connectivity index (χ1v) is 9.14. The molecule has 0 unspecified atom stereocenters. The van der Waals surface area contributed by atoms with Gasteiger partial charge in [-0.15, -0.1) is 11.3 Å². The summed E-state index contributed by atoms with van der Waals surface area (Å²) in [4.78, 5) is 4.98. The summed E-state index contributed by atoms with van der Waals surface area (Å²) in [6.07, 6.45) is 3.27. The van der Waals surface area contributed by atoms with Crippen LogP contribution in [0, 0.1) is 0 Å². The molecule has 0 fully saturated rings. The molecule has 2 heterocycles. The fraction of sp³-hybridized carbons (Fsp3) is 0.583. The lowest BCUT2D eigenvalue weighted by Gasteiger charge is -2.08. The molecule has 118 valence electrons. The smallest absolute Gasteiger partial charge is 0.260 e. The first-order chi connectivity index (χ1) is 10.1. The van der Waals surface area contributed by atoms with Crippen LogP contribution in [0.5, 0.6) is 0 Å². The van der Waals surface area contributed by atoms with Crippen LogP contribution in [0.1, 0.15) is 19.8 Å². The average molecular weight is 332 g/mol. The first kappa shape index (κ1) is 16.2. The van der Waals surface area contributed by atoms with E-state index >= 15 is 0 Å². The summed E-state index contributed by atoms with van der Waals surface area (Å²) < 4.78 is 34.2. The van der Waals surface area contributed by atoms with Crippen molar-refractivity contribution in [2.45, 2.75) is 24.8 Å². The first-order valence-electron chi connectivity index (χ1n) is 6.78. The van der Waals surface area contributed by atoms with E-state index in [4.69, 9.17) is 4.74 Å². The predicted molar refractivity (Wildman–Crippen MR) is 83.5 cm³/mol. The minimum atomic E-state index is -3.60. The Hall–Kier alpha value is -1.16. The molecular formula is C12H20N4O3S2. The predicted octanol–water partition coefficient (Wildman–Crippen LogP) is 1.53. The van der Waals surface area contributed by atoms with E-state index in [1.165, 1.54) is 11.3 Å². The lowest BCUT2D eigenvalue weighted by Crippen LogP contribution is -2.27. The fourth-order valence-corrected chi connectivity index (χ4v) is 4.05. The van der Waals surface area contributed by atoms with Crippen molar-refractivity contribution in [2.24, 2.45) is 0 Å². The van der Waals surface area contributed by atoms with Gasteiger partial charge in [0.15, 0.2) is 15.8 Å². The second kappa shape index (κ2) is 7.21. The summed E-state index contributed by atoms with van der Waals surface area (Å²) in [5, 5.41) is 4.99. The summed E-state index contributed by atoms with van der Waals surface area (Å²) in [6, 6.07) is 0. The second-order valence-electron chi connectivity index (χ2n) is 4.45. The molecule has 21 heavy (non-hydrogen) atoms. The maximum absolute atomic E-state index is 12.5. The minimum absolute atomic E-state index is 0.173. The number of hydrogen-bond donors (Lipinski definition) is 2. The number of nitrogens with one attached hydrogen (secondary N) is 2. The molecule has 0 bridgehead atoms. The van der Waals surface area contributed by atoms with Crippen molar-refractivity contribution < 1.29 is 13.2 Å². The van der Waals surface area contributed by atoms with Crippen LogP contribution in [-0.2, 0) is 14.8 Å². The molecule has 0 saturated carbocycles. The molecule has 2 aromatic rings. The Labute approximate surface area is 128 Å². The number of aromatic nitrogens is 2. The summed E-state index contributed by atoms with van der Waals surface area (Å²) in [5.41, 5.74) is 0. The van der Waals surface area contributed by atoms with Crippen molar-refractivity contribution in [2.75, 3.05) is 32.1 Å². The van der Waals surface area contributed by atoms with Gasteiger partial charge in [0.2, 0.25) is 0 Å². The van der Waals surface area contributed by atoms with Gasteiger partial charge in [0.05, 0.1) is 0 Å². The van der Waals surface area contributed by atoms with Crippen LogP contribution in [0.25, 0.3) is 4.96 Å². The number of thiazole rings is 1. The van der Waals surface area contributed by atoms with Crippen LogP contribution in [0.3, 0.4) is 0 Å². The maximum Gasteiger partial charge on any atom is 0.260 e. The highest BCUT2D eigenvalue weighted by atomic mass is 32.2. The molecule has 2 N–H and O–H groups in total. The Bertz CT molecular complexity index is 678. The van der Waals surface area contributed by atoms with Crippen LogP contribution in [0.15, 0.2) is 16.6 Å². The number of nitrogens with zero attached hydrogens (tertiary/aromatic N) is 2. The number of anilines is 1. The van der Waals surface area contributed by atoms with E-state index in [1.807, 2.05) is 12.3 Å². The molecule has 0 aromatic carbocycles. The fourth-order valence-electron chi connectivity index (χ4n) is 1.95. The van der Waals surface area contributed by atoms with Crippen molar-refractivity contribution in [1.82, 2.24) is 14.1 Å². The Morgan fingerprint density at radius 3 is 2.95 bits per heavy atom. The number of sulfonamides is 1. The van der Waals surface area contributed by atoms with Crippen molar-refractivity contribution in [3.05, 3.63) is 11.6 Å². The van der Waals surface area contributed by atoms with Crippen molar-refractivity contribution in [3.8, 4) is 0 Å². The lowest BCUT2D eigenvalue weighted by molar-refractivity contribution is 0.193. The molecule has 7 nitrogen and oxygen atoms in total. The highest BCUT2D eigenvalue weighted by molar-refractivity contribution is 7.89. The average Bonchev–Trinajstić information content (AvgIpc) is 2.98. The van der Waals surface area contributed by atoms with E-state index < -0.39 is 10.0 Å². The molecule has 0 atom stereocenters. The maximum atomic E-state index is 12.5. The molecule has 0 amide bonds. The monoisotopic (exact) mass is 332 g/mol. The topological polar surface area (TPSA) is 84.7 Å². The Kier molecular flexibility index (Phi) is 5.57. The summed E-state index contributed by atoms with van der Waals surface area (Å²) in [5.74, 6) is 0.397. The third-order valence-electron chi connectivity index (χ3n) is 2.88. The largest absolute Gasteiger partial charge is 0.385 e. The Morgan fingerprint density at radius 2 is 2.24 bits per heavy atom. The lowest BCUT2D eigenvalue weighted by atomic mass is 10.3. The summed E-state index contributed by atoms with van der Waals surface area (Å²) in [6.45, 7) is 3.53. The zero-order chi connectivity index (χ0) is 15.3. The van der Waals surface area contributed by atoms with E-state index in [1.54, 1.807) is 17.7 Å². The number of fused-ring (bicyclic) bond motifs is 1. The van der Waals surface area contributed by atoms with E-state index in [-0.39, 0.29) is 5.03 Å². The van der Waals surface area contributed by atoms with Gasteiger partial charge in [-0.25, -0.2) is 18.1 Å². The van der Waals surface area contributed by atoms with Crippen LogP contribution in [0.4, 0.5) is 5.82 Å². The van der Waals surface area contributed by atoms with Gasteiger partial charge >= 0.3 is 0 Å². The number of imidazole rings is 1. The quantitative estimate of drug-likeness (QED) is 0.680. The molecule has 0 saturated heterocycles. The number of methoxy groups -OCH3 is 1. The number of hydrogen-bond acceptors (Lipinski definition) is 6. The molecular weight excluding hydrogens is 312 g/mol. The third kappa shape index (κ3) is 3.73. The molecule has 9 heteroatoms. The van der Waals surface area contributed by atoms with E-state index in [2.05, 4.69) is 15.0 Å². The van der Waals surface area contributed by atoms with Gasteiger partial charge in [0.25, 0.3) is 10.0 Å². The molecule has 0 aliphatic carbocycles. The number of unbranched alkanes of at least 4 members (excludes halogenated alkanes) is 1. The van der Waals surface area contributed by atoms with Gasteiger partial charge in [0, 0.05) is 38.4 Å². The molecule has 2 rings (SSSR count). The zero-order valence-corrected chi connectivity index (χ0v) is 13.8. The van der Waals surface area contributed by atoms with Crippen molar-refractivity contribution in [3.63, 3.8) is 0 Å². The number of ether oxygens (including phenoxy) is 1. The summed E-state index contributed by atoms with van der Waals surface area (Å²) in [7, 11) is -1.97. The van der Waals surface area contributed by atoms with Crippen molar-refractivity contribution in [1.29, 1.82) is 0 Å². The van der Waals surface area contributed by atoms with Gasteiger partial charge in [-0.3, -0.25) is 4.40 Å². The molecule has 0 spiro atoms. The van der Waals surface area contributed by atoms with Gasteiger partial charge in [-0.1, -0.05) is 0 Å². The van der Waals surface area contributed by atoms with Crippen molar-refractivity contribution >= 4 is 32.1 Å². The van der Waals surface area contributed by atoms with Gasteiger partial charge < -0.3 is 10.1 Å². The SMILES string of the molecule is CCNc1nc2sccn2c1S(=O)(=O)NCCCCOC. The number of rotatable bonds is 9. The minimum Gasteiger partial charge on any atom is -0.385 e. The molecule has 0 aliphatic heterocycles. The second-order valence-corrected chi connectivity index (χ2v) is 7.00. The molecule has 0 aliphatic rings. The van der Waals surface area contributed by atoms with Gasteiger partial charge in [-0.2, -0.15) is 0 Å². The highest BCUT2D eigenvalue weighted by Crippen LogP contribution is 2.25. The van der Waals surface area contributed by atoms with E-state index in [0.717, 1.165) is 12.8 Å². The van der Waals surface area contributed by atoms with Gasteiger partial charge in [-0.05, 0) is 19.8 Å². The Balaban J connectivity index is 2.18. The molecule has 0 radical (unpaired) electrons. The van der Waals surface area contributed by atoms with E-state index in [9.17, 15) is 8.42 Å².